The fraction of sp³-hybridized carbons (Fsp3) is 0.235. The first kappa shape index (κ1) is 15.8. The average Bonchev–Trinajstić information content (AvgIpc) is 2.81. The Morgan fingerprint density at radius 3 is 2.48 bits per heavy atom. The summed E-state index contributed by atoms with van der Waals surface area (Å²) in [5, 5.41) is 0. The third-order valence-electron chi connectivity index (χ3n) is 3.14. The number of ether oxygens (including phenoxy) is 1. The van der Waals surface area contributed by atoms with E-state index in [2.05, 4.69) is 24.0 Å². The van der Waals surface area contributed by atoms with Crippen molar-refractivity contribution in [3.8, 4) is 17.0 Å². The van der Waals surface area contributed by atoms with Crippen LogP contribution in [-0.4, -0.2) is 15.5 Å². The molecule has 0 saturated carbocycles. The molecule has 0 aliphatic heterocycles. The lowest BCUT2D eigenvalue weighted by Gasteiger charge is -2.09. The van der Waals surface area contributed by atoms with Crippen LogP contribution < -0.4 is 28.7 Å². The minimum Gasteiger partial charge on any atom is -1.00 e. The predicted molar refractivity (Wildman–Crippen MR) is 81.1 cm³/mol. The molecular weight excluding hydrogens is 375 g/mol. The summed E-state index contributed by atoms with van der Waals surface area (Å²) in [6.45, 7) is 6.13. The topological polar surface area (TPSA) is 26.5 Å². The Bertz CT molecular complexity index is 732. The largest absolute Gasteiger partial charge is 1.00 e. The molecule has 3 nitrogen and oxygen atoms in total. The van der Waals surface area contributed by atoms with Gasteiger partial charge in [-0.3, -0.25) is 0 Å². The summed E-state index contributed by atoms with van der Waals surface area (Å²) >= 11 is 0. The second-order valence-corrected chi connectivity index (χ2v) is 5.29. The molecule has 3 rings (SSSR count). The molecule has 2 aromatic heterocycles. The van der Waals surface area contributed by atoms with Crippen LogP contribution in [0.5, 0.6) is 5.75 Å². The highest BCUT2D eigenvalue weighted by Gasteiger charge is 2.05. The smallest absolute Gasteiger partial charge is 0.137 e. The van der Waals surface area contributed by atoms with Gasteiger partial charge in [-0.25, -0.2) is 4.98 Å². The van der Waals surface area contributed by atoms with E-state index in [0.717, 1.165) is 22.7 Å². The highest BCUT2D eigenvalue weighted by atomic mass is 127. The number of fused-ring (bicyclic) bond motifs is 1. The number of aromatic nitrogens is 2. The van der Waals surface area contributed by atoms with Gasteiger partial charge in [0.2, 0.25) is 0 Å². The van der Waals surface area contributed by atoms with Gasteiger partial charge in [0.1, 0.15) is 11.4 Å². The summed E-state index contributed by atoms with van der Waals surface area (Å²) in [7, 11) is 0. The van der Waals surface area contributed by atoms with Crippen molar-refractivity contribution in [2.45, 2.75) is 26.9 Å². The molecule has 0 N–H and O–H groups in total. The summed E-state index contributed by atoms with van der Waals surface area (Å²) in [5.41, 5.74) is 4.27. The van der Waals surface area contributed by atoms with Gasteiger partial charge in [-0.1, -0.05) is 0 Å². The van der Waals surface area contributed by atoms with Gasteiger partial charge >= 0.3 is 0 Å². The van der Waals surface area contributed by atoms with Crippen LogP contribution in [0.2, 0.25) is 0 Å². The lowest BCUT2D eigenvalue weighted by atomic mass is 10.1. The molecular formula is C17H18IN2O-. The molecule has 4 heteroatoms. The lowest BCUT2D eigenvalue weighted by molar-refractivity contribution is -0.00000551. The predicted octanol–water partition coefficient (Wildman–Crippen LogP) is 1.10. The number of imidazole rings is 1. The summed E-state index contributed by atoms with van der Waals surface area (Å²) in [4.78, 5) is 4.66. The first-order valence-corrected chi connectivity index (χ1v) is 6.84. The number of rotatable bonds is 3. The third-order valence-corrected chi connectivity index (χ3v) is 3.14. The van der Waals surface area contributed by atoms with Crippen molar-refractivity contribution in [2.24, 2.45) is 0 Å². The molecule has 0 aliphatic carbocycles. The van der Waals surface area contributed by atoms with Crippen molar-refractivity contribution in [1.29, 1.82) is 0 Å². The standard InChI is InChI=1S/C17H18N2O.HI/c1-12(2)20-15-6-4-14(5-7-15)16-11-19-9-8-13(3)10-17(19)18-16;/h4-12H,1-3H3;1H/p-1. The van der Waals surface area contributed by atoms with Gasteiger partial charge in [0.05, 0.1) is 11.8 Å². The number of hydrogen-bond acceptors (Lipinski definition) is 2. The molecule has 0 amide bonds. The maximum Gasteiger partial charge on any atom is 0.137 e. The van der Waals surface area contributed by atoms with Gasteiger partial charge < -0.3 is 33.1 Å². The second-order valence-electron chi connectivity index (χ2n) is 5.29. The SMILES string of the molecule is Cc1ccn2cc(-c3ccc(OC(C)C)cc3)nc2c1.[I-]. The van der Waals surface area contributed by atoms with Crippen LogP contribution >= 0.6 is 0 Å². The lowest BCUT2D eigenvalue weighted by Crippen LogP contribution is -3.00. The molecule has 0 saturated heterocycles. The van der Waals surface area contributed by atoms with Crippen LogP contribution in [0.3, 0.4) is 0 Å². The molecule has 0 bridgehead atoms. The van der Waals surface area contributed by atoms with Crippen molar-refractivity contribution >= 4 is 5.65 Å². The highest BCUT2D eigenvalue weighted by molar-refractivity contribution is 5.63. The molecule has 0 atom stereocenters. The van der Waals surface area contributed by atoms with Crippen molar-refractivity contribution in [3.63, 3.8) is 0 Å². The van der Waals surface area contributed by atoms with E-state index in [9.17, 15) is 0 Å². The van der Waals surface area contributed by atoms with Crippen molar-refractivity contribution in [3.05, 3.63) is 54.4 Å². The van der Waals surface area contributed by atoms with Crippen LogP contribution in [0.1, 0.15) is 19.4 Å². The van der Waals surface area contributed by atoms with Crippen LogP contribution in [0.4, 0.5) is 0 Å². The molecule has 0 radical (unpaired) electrons. The van der Waals surface area contributed by atoms with Crippen molar-refractivity contribution in [2.75, 3.05) is 0 Å². The van der Waals surface area contributed by atoms with E-state index in [1.165, 1.54) is 5.56 Å². The fourth-order valence-electron chi connectivity index (χ4n) is 2.20. The Kier molecular flexibility index (Phi) is 4.88. The average molecular weight is 393 g/mol. The zero-order valence-electron chi connectivity index (χ0n) is 12.4. The van der Waals surface area contributed by atoms with Gasteiger partial charge in [-0.05, 0) is 62.7 Å². The van der Waals surface area contributed by atoms with Gasteiger partial charge in [-0.15, -0.1) is 0 Å². The van der Waals surface area contributed by atoms with Gasteiger partial charge in [0.25, 0.3) is 0 Å². The van der Waals surface area contributed by atoms with E-state index in [0.29, 0.717) is 0 Å². The molecule has 21 heavy (non-hydrogen) atoms. The molecule has 0 fully saturated rings. The van der Waals surface area contributed by atoms with Crippen molar-refractivity contribution in [1.82, 2.24) is 9.38 Å². The number of pyridine rings is 1. The first-order chi connectivity index (χ1) is 9.61. The molecule has 0 unspecified atom stereocenters. The Labute approximate surface area is 142 Å². The number of benzene rings is 1. The van der Waals surface area contributed by atoms with Crippen LogP contribution in [-0.2, 0) is 0 Å². The second kappa shape index (κ2) is 6.47. The van der Waals surface area contributed by atoms with E-state index in [-0.39, 0.29) is 30.1 Å². The van der Waals surface area contributed by atoms with Crippen molar-refractivity contribution < 1.29 is 28.7 Å². The maximum atomic E-state index is 5.65. The molecule has 3 aromatic rings. The minimum atomic E-state index is 0. The zero-order chi connectivity index (χ0) is 14.1. The fourth-order valence-corrected chi connectivity index (χ4v) is 2.20. The van der Waals surface area contributed by atoms with E-state index in [1.807, 2.05) is 54.9 Å². The summed E-state index contributed by atoms with van der Waals surface area (Å²) in [5.74, 6) is 0.892. The first-order valence-electron chi connectivity index (χ1n) is 6.84. The Hall–Kier alpha value is -1.56. The molecule has 0 aliphatic rings. The number of halogens is 1. The van der Waals surface area contributed by atoms with E-state index in [4.69, 9.17) is 4.74 Å². The van der Waals surface area contributed by atoms with Crippen LogP contribution in [0.15, 0.2) is 48.8 Å². The number of aryl methyl sites for hydroxylation is 1. The van der Waals surface area contributed by atoms with E-state index < -0.39 is 0 Å². The Balaban J connectivity index is 0.00000161. The zero-order valence-corrected chi connectivity index (χ0v) is 14.5. The van der Waals surface area contributed by atoms with Gasteiger partial charge in [-0.2, -0.15) is 0 Å². The van der Waals surface area contributed by atoms with Gasteiger partial charge in [0, 0.05) is 18.0 Å². The summed E-state index contributed by atoms with van der Waals surface area (Å²) < 4.78 is 7.70. The quantitative estimate of drug-likeness (QED) is 0.624. The normalized spacial score (nSPS) is 10.7. The number of hydrogen-bond donors (Lipinski definition) is 0. The van der Waals surface area contributed by atoms with E-state index in [1.54, 1.807) is 0 Å². The monoisotopic (exact) mass is 393 g/mol. The molecule has 0 spiro atoms. The molecule has 1 aromatic carbocycles. The summed E-state index contributed by atoms with van der Waals surface area (Å²) in [6.07, 6.45) is 4.28. The summed E-state index contributed by atoms with van der Waals surface area (Å²) in [6, 6.07) is 12.2. The minimum absolute atomic E-state index is 0. The van der Waals surface area contributed by atoms with Crippen LogP contribution in [0.25, 0.3) is 16.9 Å². The van der Waals surface area contributed by atoms with Gasteiger partial charge in [0.15, 0.2) is 0 Å². The Morgan fingerprint density at radius 1 is 1.10 bits per heavy atom. The Morgan fingerprint density at radius 2 is 1.81 bits per heavy atom. The third kappa shape index (κ3) is 3.56. The molecule has 2 heterocycles. The van der Waals surface area contributed by atoms with E-state index >= 15 is 0 Å². The maximum absolute atomic E-state index is 5.65. The number of nitrogens with zero attached hydrogens (tertiary/aromatic N) is 2. The highest BCUT2D eigenvalue weighted by Crippen LogP contribution is 2.23. The molecule has 110 valence electrons. The van der Waals surface area contributed by atoms with Crippen LogP contribution in [0, 0.1) is 6.92 Å².